The second-order valence-electron chi connectivity index (χ2n) is 6.68. The molecular formula is C15H28N2O3S. The molecular weight excluding hydrogens is 288 g/mol. The van der Waals surface area contributed by atoms with Crippen LogP contribution in [0.25, 0.3) is 0 Å². The Bertz CT molecular complexity index is 459. The molecule has 2 aliphatic rings. The van der Waals surface area contributed by atoms with E-state index in [0.717, 1.165) is 13.0 Å². The molecule has 3 atom stereocenters. The third kappa shape index (κ3) is 3.77. The molecule has 2 aliphatic heterocycles. The summed E-state index contributed by atoms with van der Waals surface area (Å²) in [6, 6.07) is 0.506. The van der Waals surface area contributed by atoms with Crippen molar-refractivity contribution in [3.8, 4) is 0 Å². The monoisotopic (exact) mass is 316 g/mol. The van der Waals surface area contributed by atoms with E-state index >= 15 is 0 Å². The Morgan fingerprint density at radius 3 is 2.33 bits per heavy atom. The lowest BCUT2D eigenvalue weighted by molar-refractivity contribution is -0.131. The predicted molar refractivity (Wildman–Crippen MR) is 83.9 cm³/mol. The first-order chi connectivity index (χ1) is 9.82. The maximum Gasteiger partial charge on any atom is 0.222 e. The second kappa shape index (κ2) is 6.65. The molecule has 2 heterocycles. The predicted octanol–water partition coefficient (Wildman–Crippen LogP) is 1.28. The summed E-state index contributed by atoms with van der Waals surface area (Å²) in [4.78, 5) is 16.5. The maximum absolute atomic E-state index is 12.4. The highest BCUT2D eigenvalue weighted by Crippen LogP contribution is 2.22. The van der Waals surface area contributed by atoms with Gasteiger partial charge in [0.15, 0.2) is 9.84 Å². The number of carbonyl (C=O) groups excluding carboxylic acids is 1. The van der Waals surface area contributed by atoms with Gasteiger partial charge in [0.1, 0.15) is 0 Å². The van der Waals surface area contributed by atoms with Crippen molar-refractivity contribution in [2.75, 3.05) is 26.7 Å². The lowest BCUT2D eigenvalue weighted by atomic mass is 9.98. The quantitative estimate of drug-likeness (QED) is 0.787. The van der Waals surface area contributed by atoms with Gasteiger partial charge >= 0.3 is 0 Å². The number of rotatable bonds is 3. The minimum Gasteiger partial charge on any atom is -0.340 e. The summed E-state index contributed by atoms with van der Waals surface area (Å²) in [6.07, 6.45) is 5.10. The van der Waals surface area contributed by atoms with Crippen LogP contribution in [0, 0.1) is 0 Å². The number of likely N-dealkylation sites (tertiary alicyclic amines) is 1. The minimum atomic E-state index is -3.05. The van der Waals surface area contributed by atoms with E-state index in [-0.39, 0.29) is 5.91 Å². The molecule has 122 valence electrons. The zero-order valence-corrected chi connectivity index (χ0v) is 14.2. The van der Waals surface area contributed by atoms with Gasteiger partial charge in [-0.25, -0.2) is 8.42 Å². The van der Waals surface area contributed by atoms with Gasteiger partial charge in [0.25, 0.3) is 0 Å². The molecule has 5 nitrogen and oxygen atoms in total. The fraction of sp³-hybridized carbons (Fsp3) is 0.933. The van der Waals surface area contributed by atoms with Crippen LogP contribution in [-0.2, 0) is 14.6 Å². The summed E-state index contributed by atoms with van der Waals surface area (Å²) >= 11 is 0. The van der Waals surface area contributed by atoms with Crippen molar-refractivity contribution in [1.29, 1.82) is 0 Å². The zero-order chi connectivity index (χ0) is 15.6. The summed E-state index contributed by atoms with van der Waals surface area (Å²) in [6.45, 7) is 5.24. The number of hydrogen-bond donors (Lipinski definition) is 0. The Balaban J connectivity index is 1.86. The minimum absolute atomic E-state index is 0.113. The van der Waals surface area contributed by atoms with Gasteiger partial charge in [0, 0.05) is 25.6 Å². The third-order valence-electron chi connectivity index (χ3n) is 5.04. The maximum atomic E-state index is 12.4. The van der Waals surface area contributed by atoms with Gasteiger partial charge in [0.05, 0.1) is 10.5 Å². The van der Waals surface area contributed by atoms with Crippen molar-refractivity contribution >= 4 is 15.7 Å². The number of piperidine rings is 1. The molecule has 0 aromatic carbocycles. The number of carbonyl (C=O) groups is 1. The molecule has 6 heteroatoms. The summed E-state index contributed by atoms with van der Waals surface area (Å²) < 4.78 is 24.0. The average Bonchev–Trinajstić information content (AvgIpc) is 2.43. The van der Waals surface area contributed by atoms with Crippen LogP contribution in [0.3, 0.4) is 0 Å². The number of sulfone groups is 1. The molecule has 0 bridgehead atoms. The van der Waals surface area contributed by atoms with Crippen molar-refractivity contribution in [2.24, 2.45) is 0 Å². The lowest BCUT2D eigenvalue weighted by Crippen LogP contribution is -2.52. The van der Waals surface area contributed by atoms with Crippen LogP contribution in [0.15, 0.2) is 0 Å². The number of amides is 1. The first-order valence-electron chi connectivity index (χ1n) is 8.03. The molecule has 0 spiro atoms. The van der Waals surface area contributed by atoms with Crippen molar-refractivity contribution in [2.45, 2.75) is 62.5 Å². The largest absolute Gasteiger partial charge is 0.340 e. The van der Waals surface area contributed by atoms with Crippen molar-refractivity contribution < 1.29 is 13.2 Å². The fourth-order valence-corrected chi connectivity index (χ4v) is 5.03. The molecule has 0 aliphatic carbocycles. The lowest BCUT2D eigenvalue weighted by Gasteiger charge is -2.36. The van der Waals surface area contributed by atoms with E-state index in [1.807, 2.05) is 0 Å². The van der Waals surface area contributed by atoms with Gasteiger partial charge in [-0.05, 0) is 46.7 Å². The molecule has 0 radical (unpaired) electrons. The van der Waals surface area contributed by atoms with Crippen LogP contribution >= 0.6 is 0 Å². The summed E-state index contributed by atoms with van der Waals surface area (Å²) in [5, 5.41) is -0.884. The van der Waals surface area contributed by atoms with Crippen LogP contribution in [0.1, 0.15) is 46.0 Å². The molecule has 0 aromatic rings. The van der Waals surface area contributed by atoms with Crippen LogP contribution < -0.4 is 0 Å². The van der Waals surface area contributed by atoms with Gasteiger partial charge in [0.2, 0.25) is 5.91 Å². The van der Waals surface area contributed by atoms with E-state index in [1.54, 1.807) is 18.7 Å². The first-order valence-corrected chi connectivity index (χ1v) is 9.64. The van der Waals surface area contributed by atoms with Crippen LogP contribution in [0.4, 0.5) is 0 Å². The van der Waals surface area contributed by atoms with Crippen molar-refractivity contribution in [3.05, 3.63) is 0 Å². The van der Waals surface area contributed by atoms with E-state index in [2.05, 4.69) is 11.9 Å². The summed E-state index contributed by atoms with van der Waals surface area (Å²) in [7, 11) is -0.922. The average molecular weight is 316 g/mol. The number of nitrogens with zero attached hydrogens (tertiary/aromatic N) is 2. The Hall–Kier alpha value is -0.620. The van der Waals surface area contributed by atoms with Crippen LogP contribution in [-0.4, -0.2) is 67.3 Å². The van der Waals surface area contributed by atoms with Crippen molar-refractivity contribution in [3.63, 3.8) is 0 Å². The third-order valence-corrected chi connectivity index (χ3v) is 7.58. The van der Waals surface area contributed by atoms with Crippen LogP contribution in [0.2, 0.25) is 0 Å². The highest BCUT2D eigenvalue weighted by molar-refractivity contribution is 7.92. The zero-order valence-electron chi connectivity index (χ0n) is 13.4. The Kier molecular flexibility index (Phi) is 5.30. The molecule has 2 saturated heterocycles. The van der Waals surface area contributed by atoms with Gasteiger partial charge in [-0.3, -0.25) is 4.79 Å². The second-order valence-corrected chi connectivity index (χ2v) is 9.47. The first kappa shape index (κ1) is 16.7. The van der Waals surface area contributed by atoms with Gasteiger partial charge in [-0.1, -0.05) is 6.42 Å². The summed E-state index contributed by atoms with van der Waals surface area (Å²) in [5.74, 6) is 0.113. The molecule has 3 unspecified atom stereocenters. The van der Waals surface area contributed by atoms with Crippen LogP contribution in [0.5, 0.6) is 0 Å². The highest BCUT2D eigenvalue weighted by atomic mass is 32.2. The molecule has 21 heavy (non-hydrogen) atoms. The van der Waals surface area contributed by atoms with E-state index in [0.29, 0.717) is 25.6 Å². The Morgan fingerprint density at radius 2 is 1.76 bits per heavy atom. The molecule has 1 amide bonds. The summed E-state index contributed by atoms with van der Waals surface area (Å²) in [5.41, 5.74) is 0. The topological polar surface area (TPSA) is 57.7 Å². The Morgan fingerprint density at radius 1 is 1.14 bits per heavy atom. The molecule has 0 aromatic heterocycles. The van der Waals surface area contributed by atoms with E-state index < -0.39 is 20.3 Å². The van der Waals surface area contributed by atoms with Crippen molar-refractivity contribution in [1.82, 2.24) is 9.80 Å². The highest BCUT2D eigenvalue weighted by Gasteiger charge is 2.37. The van der Waals surface area contributed by atoms with Gasteiger partial charge in [-0.15, -0.1) is 0 Å². The van der Waals surface area contributed by atoms with Gasteiger partial charge in [-0.2, -0.15) is 0 Å². The van der Waals surface area contributed by atoms with E-state index in [1.165, 1.54) is 19.3 Å². The SMILES string of the molecule is CC1CN(C(=O)CCC2CCCCN2C)CC(C)S1(=O)=O. The van der Waals surface area contributed by atoms with E-state index in [4.69, 9.17) is 0 Å². The Labute approximate surface area is 128 Å². The standard InChI is InChI=1S/C15H28N2O3S/c1-12-10-17(11-13(2)21(12,19)20)15(18)8-7-14-6-4-5-9-16(14)3/h12-14H,4-11H2,1-3H3. The molecule has 2 fully saturated rings. The van der Waals surface area contributed by atoms with E-state index in [9.17, 15) is 13.2 Å². The molecule has 0 saturated carbocycles. The smallest absolute Gasteiger partial charge is 0.222 e. The molecule has 0 N–H and O–H groups in total. The fourth-order valence-electron chi connectivity index (χ4n) is 3.46. The van der Waals surface area contributed by atoms with Gasteiger partial charge < -0.3 is 9.80 Å². The number of hydrogen-bond acceptors (Lipinski definition) is 4. The molecule has 2 rings (SSSR count). The normalized spacial score (nSPS) is 33.9.